The number of rotatable bonds is 8. The Labute approximate surface area is 127 Å². The number of carbonyl (C=O) groups excluding carboxylic acids is 2. The fourth-order valence-corrected chi connectivity index (χ4v) is 2.15. The van der Waals surface area contributed by atoms with Crippen LogP contribution in [-0.2, 0) is 9.53 Å². The van der Waals surface area contributed by atoms with Crippen LogP contribution >= 0.6 is 0 Å². The van der Waals surface area contributed by atoms with Crippen molar-refractivity contribution in [3.05, 3.63) is 0 Å². The molecular weight excluding hydrogens is 303 g/mol. The molecule has 0 spiro atoms. The van der Waals surface area contributed by atoms with Gasteiger partial charge in [0, 0.05) is 25.6 Å². The van der Waals surface area contributed by atoms with Crippen LogP contribution in [0.5, 0.6) is 0 Å². The van der Waals surface area contributed by atoms with E-state index in [0.717, 1.165) is 25.7 Å². The molecule has 0 aromatic rings. The molecule has 0 saturated heterocycles. The summed E-state index contributed by atoms with van der Waals surface area (Å²) >= 11 is 0. The number of urea groups is 1. The van der Waals surface area contributed by atoms with Crippen molar-refractivity contribution < 1.29 is 27.5 Å². The van der Waals surface area contributed by atoms with Gasteiger partial charge in [-0.15, -0.1) is 0 Å². The second kappa shape index (κ2) is 9.50. The van der Waals surface area contributed by atoms with E-state index in [1.54, 1.807) is 0 Å². The van der Waals surface area contributed by atoms with Gasteiger partial charge in [0.1, 0.15) is 6.61 Å². The zero-order valence-electron chi connectivity index (χ0n) is 12.3. The van der Waals surface area contributed by atoms with Crippen molar-refractivity contribution in [3.63, 3.8) is 0 Å². The average molecular weight is 325 g/mol. The Bertz CT molecular complexity index is 358. The second-order valence-electron chi connectivity index (χ2n) is 5.15. The normalized spacial score (nSPS) is 15.6. The van der Waals surface area contributed by atoms with Gasteiger partial charge < -0.3 is 20.7 Å². The standard InChI is InChI=1S/C13H22F3N3O3/c14-13(15,16)9-22-8-7-18-12(21)17-6-5-11(20)19-10-3-1-2-4-10/h10H,1-9H2,(H,19,20)(H2,17,18,21). The Hall–Kier alpha value is -1.51. The van der Waals surface area contributed by atoms with Crippen LogP contribution in [0.2, 0.25) is 0 Å². The fraction of sp³-hybridized carbons (Fsp3) is 0.846. The number of ether oxygens (including phenoxy) is 1. The van der Waals surface area contributed by atoms with Gasteiger partial charge >= 0.3 is 12.2 Å². The highest BCUT2D eigenvalue weighted by molar-refractivity contribution is 5.78. The van der Waals surface area contributed by atoms with Crippen LogP contribution in [0, 0.1) is 0 Å². The van der Waals surface area contributed by atoms with Crippen molar-refractivity contribution in [2.75, 3.05) is 26.3 Å². The van der Waals surface area contributed by atoms with E-state index in [1.807, 2.05) is 0 Å². The van der Waals surface area contributed by atoms with Gasteiger partial charge in [-0.2, -0.15) is 13.2 Å². The third kappa shape index (κ3) is 9.43. The molecule has 0 bridgehead atoms. The molecule has 1 fully saturated rings. The van der Waals surface area contributed by atoms with E-state index in [9.17, 15) is 22.8 Å². The molecular formula is C13H22F3N3O3. The van der Waals surface area contributed by atoms with Crippen LogP contribution < -0.4 is 16.0 Å². The number of carbonyl (C=O) groups is 2. The van der Waals surface area contributed by atoms with E-state index in [0.29, 0.717) is 0 Å². The Morgan fingerprint density at radius 1 is 1.09 bits per heavy atom. The minimum atomic E-state index is -4.37. The number of nitrogens with one attached hydrogen (secondary N) is 3. The summed E-state index contributed by atoms with van der Waals surface area (Å²) in [5.74, 6) is -0.110. The number of hydrogen-bond acceptors (Lipinski definition) is 3. The molecule has 0 unspecified atom stereocenters. The van der Waals surface area contributed by atoms with Gasteiger partial charge in [-0.25, -0.2) is 4.79 Å². The molecule has 3 N–H and O–H groups in total. The van der Waals surface area contributed by atoms with Crippen molar-refractivity contribution in [1.29, 1.82) is 0 Å². The van der Waals surface area contributed by atoms with Gasteiger partial charge in [0.15, 0.2) is 0 Å². The van der Waals surface area contributed by atoms with Crippen LogP contribution in [0.4, 0.5) is 18.0 Å². The number of alkyl halides is 3. The zero-order valence-corrected chi connectivity index (χ0v) is 12.3. The summed E-state index contributed by atoms with van der Waals surface area (Å²) in [7, 11) is 0. The van der Waals surface area contributed by atoms with E-state index < -0.39 is 18.8 Å². The lowest BCUT2D eigenvalue weighted by Crippen LogP contribution is -2.40. The number of hydrogen-bond donors (Lipinski definition) is 3. The molecule has 1 rings (SSSR count). The largest absolute Gasteiger partial charge is 0.411 e. The molecule has 1 aliphatic rings. The summed E-state index contributed by atoms with van der Waals surface area (Å²) in [5.41, 5.74) is 0. The number of amides is 3. The first-order chi connectivity index (χ1) is 10.4. The van der Waals surface area contributed by atoms with Gasteiger partial charge in [0.05, 0.1) is 6.61 Å². The van der Waals surface area contributed by atoms with Gasteiger partial charge in [-0.1, -0.05) is 12.8 Å². The number of halogens is 3. The predicted molar refractivity (Wildman–Crippen MR) is 73.3 cm³/mol. The third-order valence-corrected chi connectivity index (χ3v) is 3.16. The molecule has 3 amide bonds. The average Bonchev–Trinajstić information content (AvgIpc) is 2.89. The molecule has 0 radical (unpaired) electrons. The molecule has 1 aliphatic carbocycles. The minimum Gasteiger partial charge on any atom is -0.370 e. The maximum Gasteiger partial charge on any atom is 0.411 e. The fourth-order valence-electron chi connectivity index (χ4n) is 2.15. The molecule has 128 valence electrons. The highest BCUT2D eigenvalue weighted by atomic mass is 19.4. The molecule has 0 atom stereocenters. The highest BCUT2D eigenvalue weighted by Crippen LogP contribution is 2.17. The van der Waals surface area contributed by atoms with Gasteiger partial charge in [-0.3, -0.25) is 4.79 Å². The van der Waals surface area contributed by atoms with Crippen molar-refractivity contribution in [1.82, 2.24) is 16.0 Å². The predicted octanol–water partition coefficient (Wildman–Crippen LogP) is 1.31. The monoisotopic (exact) mass is 325 g/mol. The van der Waals surface area contributed by atoms with Crippen LogP contribution in [0.15, 0.2) is 0 Å². The van der Waals surface area contributed by atoms with Crippen molar-refractivity contribution in [2.45, 2.75) is 44.3 Å². The molecule has 1 saturated carbocycles. The summed E-state index contributed by atoms with van der Waals surface area (Å²) in [6.45, 7) is -1.42. The molecule has 6 nitrogen and oxygen atoms in total. The third-order valence-electron chi connectivity index (χ3n) is 3.16. The highest BCUT2D eigenvalue weighted by Gasteiger charge is 2.27. The SMILES string of the molecule is O=C(CCNC(=O)NCCOCC(F)(F)F)NC1CCCC1. The first kappa shape index (κ1) is 18.5. The summed E-state index contributed by atoms with van der Waals surface area (Å²) in [6.07, 6.45) is 0.0582. The van der Waals surface area contributed by atoms with E-state index in [4.69, 9.17) is 0 Å². The Morgan fingerprint density at radius 3 is 2.36 bits per heavy atom. The summed E-state index contributed by atoms with van der Waals surface area (Å²) in [6, 6.07) is -0.295. The maximum absolute atomic E-state index is 11.8. The summed E-state index contributed by atoms with van der Waals surface area (Å²) in [4.78, 5) is 22.9. The molecule has 0 aromatic heterocycles. The zero-order chi connectivity index (χ0) is 16.4. The molecule has 0 heterocycles. The lowest BCUT2D eigenvalue weighted by atomic mass is 10.2. The molecule has 0 aliphatic heterocycles. The lowest BCUT2D eigenvalue weighted by molar-refractivity contribution is -0.173. The quantitative estimate of drug-likeness (QED) is 0.589. The smallest absolute Gasteiger partial charge is 0.370 e. The lowest BCUT2D eigenvalue weighted by Gasteiger charge is -2.12. The minimum absolute atomic E-state index is 0.0316. The van der Waals surface area contributed by atoms with E-state index in [1.165, 1.54) is 0 Å². The van der Waals surface area contributed by atoms with Crippen LogP contribution in [0.1, 0.15) is 32.1 Å². The molecule has 9 heteroatoms. The van der Waals surface area contributed by atoms with Gasteiger partial charge in [-0.05, 0) is 12.8 Å². The molecule has 22 heavy (non-hydrogen) atoms. The first-order valence-electron chi connectivity index (χ1n) is 7.32. The van der Waals surface area contributed by atoms with Crippen LogP contribution in [0.3, 0.4) is 0 Å². The topological polar surface area (TPSA) is 79.5 Å². The Morgan fingerprint density at radius 2 is 1.73 bits per heavy atom. The summed E-state index contributed by atoms with van der Waals surface area (Å²) in [5, 5.41) is 7.69. The Kier molecular flexibility index (Phi) is 8.00. The van der Waals surface area contributed by atoms with Gasteiger partial charge in [0.2, 0.25) is 5.91 Å². The Balaban J connectivity index is 1.95. The van der Waals surface area contributed by atoms with Crippen LogP contribution in [-0.4, -0.2) is 50.5 Å². The van der Waals surface area contributed by atoms with Crippen molar-refractivity contribution >= 4 is 11.9 Å². The first-order valence-corrected chi connectivity index (χ1v) is 7.32. The second-order valence-corrected chi connectivity index (χ2v) is 5.15. The molecule has 0 aromatic carbocycles. The van der Waals surface area contributed by atoms with Crippen molar-refractivity contribution in [3.8, 4) is 0 Å². The van der Waals surface area contributed by atoms with Crippen LogP contribution in [0.25, 0.3) is 0 Å². The summed E-state index contributed by atoms with van der Waals surface area (Å²) < 4.78 is 39.6. The van der Waals surface area contributed by atoms with Gasteiger partial charge in [0.25, 0.3) is 0 Å². The van der Waals surface area contributed by atoms with E-state index >= 15 is 0 Å². The van der Waals surface area contributed by atoms with E-state index in [-0.39, 0.29) is 38.1 Å². The maximum atomic E-state index is 11.8. The van der Waals surface area contributed by atoms with E-state index in [2.05, 4.69) is 20.7 Å². The van der Waals surface area contributed by atoms with Crippen molar-refractivity contribution in [2.24, 2.45) is 0 Å².